The maximum absolute atomic E-state index is 12.7. The van der Waals surface area contributed by atoms with Gasteiger partial charge in [-0.3, -0.25) is 9.59 Å². The molecule has 0 unspecified atom stereocenters. The van der Waals surface area contributed by atoms with E-state index >= 15 is 0 Å². The van der Waals surface area contributed by atoms with Crippen LogP contribution in [0, 0.1) is 5.92 Å². The van der Waals surface area contributed by atoms with Crippen molar-refractivity contribution in [1.82, 2.24) is 4.90 Å². The highest BCUT2D eigenvalue weighted by Crippen LogP contribution is 2.26. The van der Waals surface area contributed by atoms with E-state index in [1.807, 2.05) is 34.1 Å². The van der Waals surface area contributed by atoms with E-state index in [0.29, 0.717) is 25.9 Å². The molecule has 0 atom stereocenters. The van der Waals surface area contributed by atoms with Crippen molar-refractivity contribution in [3.63, 3.8) is 0 Å². The third kappa shape index (κ3) is 5.42. The number of piperidine rings is 2. The van der Waals surface area contributed by atoms with Gasteiger partial charge in [0.05, 0.1) is 16.9 Å². The van der Waals surface area contributed by atoms with Crippen molar-refractivity contribution in [3.05, 3.63) is 29.8 Å². The zero-order chi connectivity index (χ0) is 21.9. The minimum Gasteiger partial charge on any atom is -0.342 e. The summed E-state index contributed by atoms with van der Waals surface area (Å²) in [5, 5.41) is 0. The fourth-order valence-corrected chi connectivity index (χ4v) is 5.52. The molecule has 0 saturated carbocycles. The van der Waals surface area contributed by atoms with Gasteiger partial charge in [-0.25, -0.2) is 8.42 Å². The van der Waals surface area contributed by atoms with Gasteiger partial charge in [-0.15, -0.1) is 0 Å². The van der Waals surface area contributed by atoms with E-state index < -0.39 is 14.6 Å². The lowest BCUT2D eigenvalue weighted by molar-refractivity contribution is -0.131. The Hall–Kier alpha value is -1.89. The molecule has 166 valence electrons. The molecule has 1 aromatic carbocycles. The molecule has 0 aromatic heterocycles. The van der Waals surface area contributed by atoms with E-state index in [1.165, 1.54) is 0 Å². The molecule has 6 nitrogen and oxygen atoms in total. The second kappa shape index (κ2) is 9.08. The molecule has 0 aliphatic carbocycles. The van der Waals surface area contributed by atoms with Crippen LogP contribution in [0.2, 0.25) is 0 Å². The van der Waals surface area contributed by atoms with Crippen molar-refractivity contribution in [3.8, 4) is 0 Å². The van der Waals surface area contributed by atoms with Gasteiger partial charge in [0.1, 0.15) is 0 Å². The SMILES string of the molecule is CC(C)(C)S(=O)(=O)CC1CCN(C(=O)Cc2ccc(N3CCCCC3=O)cc2)CC1. The number of benzene rings is 1. The molecule has 2 aliphatic rings. The number of likely N-dealkylation sites (tertiary alicyclic amines) is 1. The van der Waals surface area contributed by atoms with Crippen molar-refractivity contribution in [2.24, 2.45) is 5.92 Å². The molecule has 2 fully saturated rings. The van der Waals surface area contributed by atoms with Gasteiger partial charge in [0.25, 0.3) is 0 Å². The lowest BCUT2D eigenvalue weighted by Crippen LogP contribution is -2.42. The highest BCUT2D eigenvalue weighted by Gasteiger charge is 2.33. The van der Waals surface area contributed by atoms with E-state index in [4.69, 9.17) is 0 Å². The number of sulfone groups is 1. The summed E-state index contributed by atoms with van der Waals surface area (Å²) in [5.74, 6) is 0.574. The number of nitrogens with zero attached hydrogens (tertiary/aromatic N) is 2. The van der Waals surface area contributed by atoms with Crippen LogP contribution in [0.4, 0.5) is 5.69 Å². The molecule has 2 aliphatic heterocycles. The maximum Gasteiger partial charge on any atom is 0.226 e. The van der Waals surface area contributed by atoms with Crippen LogP contribution in [0.25, 0.3) is 0 Å². The summed E-state index contributed by atoms with van der Waals surface area (Å²) in [5.41, 5.74) is 1.84. The fourth-order valence-electron chi connectivity index (χ4n) is 4.07. The molecule has 0 radical (unpaired) electrons. The van der Waals surface area contributed by atoms with E-state index in [1.54, 1.807) is 20.8 Å². The summed E-state index contributed by atoms with van der Waals surface area (Å²) < 4.78 is 24.1. The normalized spacial score (nSPS) is 19.2. The number of rotatable bonds is 5. The van der Waals surface area contributed by atoms with Crippen LogP contribution in [-0.2, 0) is 25.8 Å². The third-order valence-electron chi connectivity index (χ3n) is 6.28. The molecule has 7 heteroatoms. The number of amides is 2. The highest BCUT2D eigenvalue weighted by atomic mass is 32.2. The van der Waals surface area contributed by atoms with Gasteiger partial charge in [0, 0.05) is 31.7 Å². The molecule has 2 amide bonds. The minimum atomic E-state index is -3.13. The number of hydrogen-bond acceptors (Lipinski definition) is 4. The summed E-state index contributed by atoms with van der Waals surface area (Å²) >= 11 is 0. The molecular formula is C23H34N2O4S. The molecule has 0 N–H and O–H groups in total. The molecule has 0 spiro atoms. The fraction of sp³-hybridized carbons (Fsp3) is 0.652. The smallest absolute Gasteiger partial charge is 0.226 e. The predicted octanol–water partition coefficient (Wildman–Crippen LogP) is 3.20. The van der Waals surface area contributed by atoms with E-state index in [0.717, 1.165) is 43.5 Å². The molecule has 0 bridgehead atoms. The second-order valence-electron chi connectivity index (χ2n) is 9.56. The average Bonchev–Trinajstić information content (AvgIpc) is 2.68. The Morgan fingerprint density at radius 1 is 1.03 bits per heavy atom. The second-order valence-corrected chi connectivity index (χ2v) is 12.4. The van der Waals surface area contributed by atoms with Crippen LogP contribution in [0.5, 0.6) is 0 Å². The summed E-state index contributed by atoms with van der Waals surface area (Å²) in [6, 6.07) is 7.71. The Bertz CT molecular complexity index is 863. The van der Waals surface area contributed by atoms with Gasteiger partial charge in [0.15, 0.2) is 9.84 Å². The average molecular weight is 435 g/mol. The topological polar surface area (TPSA) is 74.8 Å². The third-order valence-corrected chi connectivity index (χ3v) is 9.06. The van der Waals surface area contributed by atoms with Crippen molar-refractivity contribution in [2.75, 3.05) is 30.3 Å². The van der Waals surface area contributed by atoms with Crippen molar-refractivity contribution >= 4 is 27.3 Å². The first-order valence-corrected chi connectivity index (χ1v) is 12.6. The number of anilines is 1. The summed E-state index contributed by atoms with van der Waals surface area (Å²) in [6.07, 6.45) is 4.39. The van der Waals surface area contributed by atoms with Gasteiger partial charge in [-0.05, 0) is 70.1 Å². The van der Waals surface area contributed by atoms with Gasteiger partial charge >= 0.3 is 0 Å². The molecule has 30 heavy (non-hydrogen) atoms. The predicted molar refractivity (Wildman–Crippen MR) is 119 cm³/mol. The first-order chi connectivity index (χ1) is 14.1. The number of carbonyl (C=O) groups is 2. The lowest BCUT2D eigenvalue weighted by atomic mass is 9.98. The quantitative estimate of drug-likeness (QED) is 0.713. The first-order valence-electron chi connectivity index (χ1n) is 11.0. The standard InChI is InChI=1S/C23H34N2O4S/c1-23(2,3)30(28,29)17-19-11-14-24(15-12-19)22(27)16-18-7-9-20(10-8-18)25-13-5-4-6-21(25)26/h7-10,19H,4-6,11-17H2,1-3H3. The van der Waals surface area contributed by atoms with Crippen molar-refractivity contribution in [2.45, 2.75) is 64.0 Å². The van der Waals surface area contributed by atoms with Crippen molar-refractivity contribution in [1.29, 1.82) is 0 Å². The van der Waals surface area contributed by atoms with Crippen molar-refractivity contribution < 1.29 is 18.0 Å². The summed E-state index contributed by atoms with van der Waals surface area (Å²) in [6.45, 7) is 7.22. The Morgan fingerprint density at radius 3 is 2.23 bits per heavy atom. The molecular weight excluding hydrogens is 400 g/mol. The molecule has 2 heterocycles. The maximum atomic E-state index is 12.7. The Kier molecular flexibility index (Phi) is 6.90. The number of carbonyl (C=O) groups excluding carboxylic acids is 2. The zero-order valence-corrected chi connectivity index (χ0v) is 19.2. The Morgan fingerprint density at radius 2 is 1.67 bits per heavy atom. The summed E-state index contributed by atoms with van der Waals surface area (Å²) in [7, 11) is -3.13. The van der Waals surface area contributed by atoms with Crippen LogP contribution < -0.4 is 4.90 Å². The van der Waals surface area contributed by atoms with Crippen LogP contribution >= 0.6 is 0 Å². The van der Waals surface area contributed by atoms with Gasteiger partial charge in [0.2, 0.25) is 11.8 Å². The molecule has 3 rings (SSSR count). The molecule has 1 aromatic rings. The van der Waals surface area contributed by atoms with Crippen LogP contribution in [0.3, 0.4) is 0 Å². The van der Waals surface area contributed by atoms with Crippen LogP contribution in [0.1, 0.15) is 58.4 Å². The molecule has 2 saturated heterocycles. The van der Waals surface area contributed by atoms with Crippen LogP contribution in [-0.4, -0.2) is 55.3 Å². The Labute approximate surface area is 180 Å². The van der Waals surface area contributed by atoms with Crippen LogP contribution in [0.15, 0.2) is 24.3 Å². The van der Waals surface area contributed by atoms with Gasteiger partial charge in [-0.2, -0.15) is 0 Å². The van der Waals surface area contributed by atoms with E-state index in [-0.39, 0.29) is 23.5 Å². The zero-order valence-electron chi connectivity index (χ0n) is 18.4. The van der Waals surface area contributed by atoms with E-state index in [2.05, 4.69) is 0 Å². The van der Waals surface area contributed by atoms with Gasteiger partial charge < -0.3 is 9.80 Å². The number of hydrogen-bond donors (Lipinski definition) is 0. The highest BCUT2D eigenvalue weighted by molar-refractivity contribution is 7.92. The largest absolute Gasteiger partial charge is 0.342 e. The summed E-state index contributed by atoms with van der Waals surface area (Å²) in [4.78, 5) is 28.4. The lowest BCUT2D eigenvalue weighted by Gasteiger charge is -2.33. The first kappa shape index (κ1) is 22.8. The monoisotopic (exact) mass is 434 g/mol. The van der Waals surface area contributed by atoms with Gasteiger partial charge in [-0.1, -0.05) is 12.1 Å². The van der Waals surface area contributed by atoms with E-state index in [9.17, 15) is 18.0 Å². The Balaban J connectivity index is 1.51. The minimum absolute atomic E-state index is 0.0777.